The smallest absolute Gasteiger partial charge is 0.337 e. The van der Waals surface area contributed by atoms with Gasteiger partial charge in [-0.25, -0.2) is 4.79 Å². The average Bonchev–Trinajstić information content (AvgIpc) is 2.76. The van der Waals surface area contributed by atoms with Crippen LogP contribution in [0.1, 0.15) is 31.1 Å². The zero-order valence-electron chi connectivity index (χ0n) is 15.9. The Morgan fingerprint density at radius 3 is 1.93 bits per heavy atom. The van der Waals surface area contributed by atoms with E-state index in [1.165, 1.54) is 51.7 Å². The molecule has 2 amide bonds. The highest BCUT2D eigenvalue weighted by Crippen LogP contribution is 2.27. The fourth-order valence-corrected chi connectivity index (χ4v) is 2.39. The van der Waals surface area contributed by atoms with Gasteiger partial charge in [0.05, 0.1) is 26.9 Å². The predicted octanol–water partition coefficient (Wildman–Crippen LogP) is 1.44. The summed E-state index contributed by atoms with van der Waals surface area (Å²) in [6.07, 6.45) is 0. The van der Waals surface area contributed by atoms with Crippen molar-refractivity contribution in [1.29, 1.82) is 0 Å². The Balaban J connectivity index is 1.91. The maximum absolute atomic E-state index is 12.2. The summed E-state index contributed by atoms with van der Waals surface area (Å²) in [6.45, 7) is 0. The number of nitrogens with one attached hydrogen (secondary N) is 3. The molecule has 0 saturated carbocycles. The van der Waals surface area contributed by atoms with Gasteiger partial charge < -0.3 is 14.2 Å². The number of ether oxygens (including phenoxy) is 3. The first-order valence-electron chi connectivity index (χ1n) is 8.21. The third-order valence-corrected chi connectivity index (χ3v) is 3.93. The van der Waals surface area contributed by atoms with E-state index in [4.69, 9.17) is 21.7 Å². The Labute approximate surface area is 172 Å². The van der Waals surface area contributed by atoms with E-state index in [0.717, 1.165) is 0 Å². The van der Waals surface area contributed by atoms with Crippen molar-refractivity contribution < 1.29 is 28.6 Å². The number of carbonyl (C=O) groups is 3. The lowest BCUT2D eigenvalue weighted by atomic mass is 10.1. The summed E-state index contributed by atoms with van der Waals surface area (Å²) < 4.78 is 14.9. The van der Waals surface area contributed by atoms with Crippen molar-refractivity contribution in [2.75, 3.05) is 21.3 Å². The van der Waals surface area contributed by atoms with E-state index in [0.29, 0.717) is 22.6 Å². The number of hydrogen-bond acceptors (Lipinski definition) is 7. The summed E-state index contributed by atoms with van der Waals surface area (Å²) in [7, 11) is 4.22. The third-order valence-electron chi connectivity index (χ3n) is 3.73. The van der Waals surface area contributed by atoms with Crippen molar-refractivity contribution in [3.05, 3.63) is 59.2 Å². The average molecular weight is 417 g/mol. The minimum absolute atomic E-state index is 0.110. The molecule has 10 heteroatoms. The fraction of sp³-hybridized carbons (Fsp3) is 0.158. The second-order valence-corrected chi connectivity index (χ2v) is 5.91. The second-order valence-electron chi connectivity index (χ2n) is 5.50. The highest BCUT2D eigenvalue weighted by molar-refractivity contribution is 7.80. The van der Waals surface area contributed by atoms with Crippen molar-refractivity contribution in [2.45, 2.75) is 0 Å². The standard InChI is InChI=1S/C19H19N3O6S/c1-26-14-9-8-13(10-15(14)27-2)17(24)21-22-19(29)20-16(23)11-4-6-12(7-5-11)18(25)28-3/h4-10H,1-3H3,(H,21,24)(H2,20,22,23,29). The van der Waals surface area contributed by atoms with Crippen LogP contribution in [0.4, 0.5) is 0 Å². The molecule has 0 aliphatic heterocycles. The number of carbonyl (C=O) groups excluding carboxylic acids is 3. The van der Waals surface area contributed by atoms with E-state index in [-0.39, 0.29) is 10.7 Å². The van der Waals surface area contributed by atoms with Gasteiger partial charge in [-0.15, -0.1) is 0 Å². The Morgan fingerprint density at radius 1 is 0.759 bits per heavy atom. The van der Waals surface area contributed by atoms with Crippen LogP contribution in [0.2, 0.25) is 0 Å². The molecule has 0 spiro atoms. The normalized spacial score (nSPS) is 9.76. The molecule has 0 aliphatic rings. The molecule has 0 saturated heterocycles. The third kappa shape index (κ3) is 5.66. The topological polar surface area (TPSA) is 115 Å². The van der Waals surface area contributed by atoms with Crippen molar-refractivity contribution in [1.82, 2.24) is 16.2 Å². The van der Waals surface area contributed by atoms with Crippen LogP contribution in [0, 0.1) is 0 Å². The number of esters is 1. The number of hydrazine groups is 1. The van der Waals surface area contributed by atoms with Gasteiger partial charge in [-0.2, -0.15) is 0 Å². The van der Waals surface area contributed by atoms with Gasteiger partial charge in [-0.3, -0.25) is 25.8 Å². The maximum atomic E-state index is 12.2. The van der Waals surface area contributed by atoms with Crippen LogP contribution in [0.15, 0.2) is 42.5 Å². The van der Waals surface area contributed by atoms with Crippen LogP contribution >= 0.6 is 12.2 Å². The molecule has 3 N–H and O–H groups in total. The van der Waals surface area contributed by atoms with Gasteiger partial charge in [0, 0.05) is 11.1 Å². The molecular formula is C19H19N3O6S. The molecule has 0 radical (unpaired) electrons. The molecule has 0 heterocycles. The van der Waals surface area contributed by atoms with E-state index in [9.17, 15) is 14.4 Å². The van der Waals surface area contributed by atoms with E-state index >= 15 is 0 Å². The molecule has 2 aromatic carbocycles. The quantitative estimate of drug-likeness (QED) is 0.380. The molecule has 29 heavy (non-hydrogen) atoms. The SMILES string of the molecule is COC(=O)c1ccc(C(=O)NC(=S)NNC(=O)c2ccc(OC)c(OC)c2)cc1. The molecule has 0 unspecified atom stereocenters. The molecule has 2 aromatic rings. The van der Waals surface area contributed by atoms with Crippen LogP contribution in [0.5, 0.6) is 11.5 Å². The number of rotatable bonds is 5. The first kappa shape index (κ1) is 21.6. The zero-order chi connectivity index (χ0) is 21.4. The summed E-state index contributed by atoms with van der Waals surface area (Å²) in [6, 6.07) is 10.4. The zero-order valence-corrected chi connectivity index (χ0v) is 16.7. The lowest BCUT2D eigenvalue weighted by Crippen LogP contribution is -2.48. The van der Waals surface area contributed by atoms with Crippen molar-refractivity contribution in [2.24, 2.45) is 0 Å². The van der Waals surface area contributed by atoms with Crippen molar-refractivity contribution in [3.8, 4) is 11.5 Å². The molecule has 9 nitrogen and oxygen atoms in total. The van der Waals surface area contributed by atoms with Gasteiger partial charge >= 0.3 is 5.97 Å². The minimum atomic E-state index is -0.515. The number of amides is 2. The molecule has 0 bridgehead atoms. The summed E-state index contributed by atoms with van der Waals surface area (Å²) in [5.74, 6) is -0.638. The predicted molar refractivity (Wildman–Crippen MR) is 108 cm³/mol. The number of methoxy groups -OCH3 is 3. The first-order chi connectivity index (χ1) is 13.9. The van der Waals surface area contributed by atoms with Crippen LogP contribution < -0.4 is 25.6 Å². The van der Waals surface area contributed by atoms with E-state index in [2.05, 4.69) is 20.9 Å². The minimum Gasteiger partial charge on any atom is -0.493 e. The Morgan fingerprint density at radius 2 is 1.34 bits per heavy atom. The maximum Gasteiger partial charge on any atom is 0.337 e. The highest BCUT2D eigenvalue weighted by Gasteiger charge is 2.13. The second kappa shape index (κ2) is 10.0. The van der Waals surface area contributed by atoms with E-state index in [1.54, 1.807) is 12.1 Å². The van der Waals surface area contributed by atoms with Gasteiger partial charge in [-0.1, -0.05) is 0 Å². The molecule has 152 valence electrons. The van der Waals surface area contributed by atoms with E-state index in [1.807, 2.05) is 0 Å². The molecular weight excluding hydrogens is 398 g/mol. The molecule has 0 fully saturated rings. The molecule has 0 aromatic heterocycles. The lowest BCUT2D eigenvalue weighted by Gasteiger charge is -2.12. The summed E-state index contributed by atoms with van der Waals surface area (Å²) in [5, 5.41) is 2.30. The number of hydrogen-bond donors (Lipinski definition) is 3. The van der Waals surface area contributed by atoms with Crippen LogP contribution in [-0.4, -0.2) is 44.2 Å². The molecule has 2 rings (SSSR count). The van der Waals surface area contributed by atoms with Gasteiger partial charge in [0.2, 0.25) is 0 Å². The Kier molecular flexibility index (Phi) is 7.49. The van der Waals surface area contributed by atoms with Crippen molar-refractivity contribution in [3.63, 3.8) is 0 Å². The lowest BCUT2D eigenvalue weighted by molar-refractivity contribution is 0.0600. The number of thiocarbonyl (C=S) groups is 1. The summed E-state index contributed by atoms with van der Waals surface area (Å²) >= 11 is 5.00. The first-order valence-corrected chi connectivity index (χ1v) is 8.62. The van der Waals surface area contributed by atoms with Crippen molar-refractivity contribution >= 4 is 35.1 Å². The fourth-order valence-electron chi connectivity index (χ4n) is 2.25. The van der Waals surface area contributed by atoms with Crippen LogP contribution in [0.25, 0.3) is 0 Å². The van der Waals surface area contributed by atoms with Gasteiger partial charge in [0.15, 0.2) is 16.6 Å². The number of benzene rings is 2. The summed E-state index contributed by atoms with van der Waals surface area (Å²) in [4.78, 5) is 35.8. The Hall–Kier alpha value is -3.66. The van der Waals surface area contributed by atoms with Gasteiger partial charge in [0.1, 0.15) is 0 Å². The van der Waals surface area contributed by atoms with Crippen LogP contribution in [-0.2, 0) is 4.74 Å². The monoisotopic (exact) mass is 417 g/mol. The Bertz CT molecular complexity index is 930. The summed E-state index contributed by atoms with van der Waals surface area (Å²) in [5.41, 5.74) is 5.69. The highest BCUT2D eigenvalue weighted by atomic mass is 32.1. The van der Waals surface area contributed by atoms with Gasteiger partial charge in [-0.05, 0) is 54.7 Å². The van der Waals surface area contributed by atoms with Crippen LogP contribution in [0.3, 0.4) is 0 Å². The molecule has 0 aliphatic carbocycles. The van der Waals surface area contributed by atoms with Gasteiger partial charge in [0.25, 0.3) is 11.8 Å². The molecule has 0 atom stereocenters. The largest absolute Gasteiger partial charge is 0.493 e. The van der Waals surface area contributed by atoms with E-state index < -0.39 is 17.8 Å².